The molecule has 0 aliphatic carbocycles. The number of amides is 2. The predicted octanol–water partition coefficient (Wildman–Crippen LogP) is 3.09. The Hall–Kier alpha value is -3.30. The van der Waals surface area contributed by atoms with E-state index >= 15 is 0 Å². The molecule has 3 N–H and O–H groups in total. The number of carbonyl (C=O) groups is 3. The van der Waals surface area contributed by atoms with E-state index < -0.39 is 18.0 Å². The molecule has 0 heterocycles. The number of halogens is 1. The third-order valence-corrected chi connectivity index (χ3v) is 4.76. The molecule has 0 radical (unpaired) electrons. The second-order valence-electron chi connectivity index (χ2n) is 7.04. The first-order chi connectivity index (χ1) is 15.8. The third-order valence-electron chi connectivity index (χ3n) is 4.53. The summed E-state index contributed by atoms with van der Waals surface area (Å²) in [7, 11) is 1.38. The van der Waals surface area contributed by atoms with Crippen molar-refractivity contribution in [1.82, 2.24) is 10.4 Å². The summed E-state index contributed by atoms with van der Waals surface area (Å²) < 4.78 is 5.51. The average Bonchev–Trinajstić information content (AvgIpc) is 2.78. The summed E-state index contributed by atoms with van der Waals surface area (Å²) in [5.74, 6) is -1.14. The van der Waals surface area contributed by atoms with Crippen LogP contribution in [0.4, 0.5) is 5.69 Å². The first kappa shape index (κ1) is 26.0. The lowest BCUT2D eigenvalue weighted by atomic mass is 10.1. The van der Waals surface area contributed by atoms with Crippen molar-refractivity contribution in [3.8, 4) is 5.75 Å². The van der Waals surface area contributed by atoms with Crippen LogP contribution in [-0.4, -0.2) is 54.4 Å². The maximum absolute atomic E-state index is 12.9. The summed E-state index contributed by atoms with van der Waals surface area (Å²) in [6.45, 7) is 2.32. The van der Waals surface area contributed by atoms with Crippen molar-refractivity contribution >= 4 is 35.1 Å². The summed E-state index contributed by atoms with van der Waals surface area (Å²) >= 11 is 5.98. The Bertz CT molecular complexity index is 934. The number of hydrogen-bond donors (Lipinski definition) is 3. The van der Waals surface area contributed by atoms with E-state index in [2.05, 4.69) is 10.6 Å². The topological polar surface area (TPSA) is 117 Å². The molecule has 0 saturated heterocycles. The molecule has 0 saturated carbocycles. The van der Waals surface area contributed by atoms with E-state index in [4.69, 9.17) is 26.3 Å². The van der Waals surface area contributed by atoms with Gasteiger partial charge in [0.15, 0.2) is 6.17 Å². The van der Waals surface area contributed by atoms with Crippen LogP contribution in [0.5, 0.6) is 5.75 Å². The minimum absolute atomic E-state index is 0.0335. The molecule has 10 heteroatoms. The van der Waals surface area contributed by atoms with Crippen molar-refractivity contribution in [3.05, 3.63) is 59.1 Å². The summed E-state index contributed by atoms with van der Waals surface area (Å²) in [5.41, 5.74) is 1.29. The lowest BCUT2D eigenvalue weighted by molar-refractivity contribution is -0.176. The van der Waals surface area contributed by atoms with Crippen molar-refractivity contribution in [1.29, 1.82) is 0 Å². The van der Waals surface area contributed by atoms with Crippen LogP contribution in [0, 0.1) is 0 Å². The lowest BCUT2D eigenvalue weighted by Crippen LogP contribution is -2.52. The molecular weight excluding hydrogens is 450 g/mol. The number of carbonyl (C=O) groups excluding carboxylic acids is 2. The monoisotopic (exact) mass is 477 g/mol. The highest BCUT2D eigenvalue weighted by molar-refractivity contribution is 6.30. The molecule has 2 amide bonds. The van der Waals surface area contributed by atoms with E-state index in [1.54, 1.807) is 55.5 Å². The van der Waals surface area contributed by atoms with Gasteiger partial charge in [0.05, 0.1) is 20.1 Å². The molecule has 2 aromatic carbocycles. The van der Waals surface area contributed by atoms with Crippen LogP contribution in [-0.2, 0) is 25.6 Å². The molecule has 178 valence electrons. The predicted molar refractivity (Wildman–Crippen MR) is 124 cm³/mol. The SMILES string of the molecule is CCN(OC)C(=O)C(NC(=O)Cc1cccc(Cl)c1)Nc1ccc(OCCCC(=O)O)cc1. The minimum atomic E-state index is -1.07. The molecule has 33 heavy (non-hydrogen) atoms. The molecule has 0 fully saturated rings. The normalized spacial score (nSPS) is 11.4. The number of benzene rings is 2. The molecule has 1 atom stereocenters. The van der Waals surface area contributed by atoms with Gasteiger partial charge in [-0.05, 0) is 55.3 Å². The van der Waals surface area contributed by atoms with Crippen molar-refractivity contribution < 1.29 is 29.1 Å². The van der Waals surface area contributed by atoms with Crippen molar-refractivity contribution in [3.63, 3.8) is 0 Å². The van der Waals surface area contributed by atoms with Gasteiger partial charge in [-0.1, -0.05) is 23.7 Å². The molecule has 0 aliphatic heterocycles. The number of carboxylic acids is 1. The number of ether oxygens (including phenoxy) is 1. The van der Waals surface area contributed by atoms with Gasteiger partial charge in [0.25, 0.3) is 5.91 Å². The molecule has 9 nitrogen and oxygen atoms in total. The number of hydrogen-bond acceptors (Lipinski definition) is 6. The van der Waals surface area contributed by atoms with Crippen molar-refractivity contribution in [2.45, 2.75) is 32.4 Å². The molecular formula is C23H28ClN3O6. The fourth-order valence-electron chi connectivity index (χ4n) is 2.95. The van der Waals surface area contributed by atoms with E-state index in [1.165, 1.54) is 7.11 Å². The molecule has 2 aromatic rings. The maximum atomic E-state index is 12.9. The Morgan fingerprint density at radius 3 is 2.48 bits per heavy atom. The number of anilines is 1. The van der Waals surface area contributed by atoms with Crippen LogP contribution in [0.25, 0.3) is 0 Å². The summed E-state index contributed by atoms with van der Waals surface area (Å²) in [6.07, 6.45) is -0.590. The number of nitrogens with one attached hydrogen (secondary N) is 2. The molecule has 0 bridgehead atoms. The summed E-state index contributed by atoms with van der Waals surface area (Å²) in [4.78, 5) is 41.1. The third kappa shape index (κ3) is 8.99. The highest BCUT2D eigenvalue weighted by Gasteiger charge is 2.25. The van der Waals surface area contributed by atoms with Gasteiger partial charge in [0.1, 0.15) is 5.75 Å². The Morgan fingerprint density at radius 1 is 1.15 bits per heavy atom. The van der Waals surface area contributed by atoms with Crippen LogP contribution >= 0.6 is 11.6 Å². The zero-order valence-electron chi connectivity index (χ0n) is 18.5. The zero-order chi connectivity index (χ0) is 24.2. The van der Waals surface area contributed by atoms with E-state index in [1.807, 2.05) is 0 Å². The number of carboxylic acid groups (broad SMARTS) is 1. The molecule has 0 spiro atoms. The summed E-state index contributed by atoms with van der Waals surface area (Å²) in [6, 6.07) is 13.7. The van der Waals surface area contributed by atoms with Gasteiger partial charge in [-0.15, -0.1) is 0 Å². The molecule has 2 rings (SSSR count). The second kappa shape index (κ2) is 13.3. The van der Waals surface area contributed by atoms with Crippen LogP contribution in [0.2, 0.25) is 5.02 Å². The fraction of sp³-hybridized carbons (Fsp3) is 0.348. The first-order valence-corrected chi connectivity index (χ1v) is 10.8. The van der Waals surface area contributed by atoms with Crippen molar-refractivity contribution in [2.75, 3.05) is 25.6 Å². The maximum Gasteiger partial charge on any atom is 0.303 e. The average molecular weight is 478 g/mol. The minimum Gasteiger partial charge on any atom is -0.494 e. The van der Waals surface area contributed by atoms with Crippen LogP contribution in [0.15, 0.2) is 48.5 Å². The van der Waals surface area contributed by atoms with E-state index in [0.717, 1.165) is 10.6 Å². The molecule has 0 aromatic heterocycles. The van der Waals surface area contributed by atoms with Gasteiger partial charge in [-0.2, -0.15) is 0 Å². The van der Waals surface area contributed by atoms with E-state index in [-0.39, 0.29) is 25.4 Å². The van der Waals surface area contributed by atoms with Gasteiger partial charge in [0.2, 0.25) is 5.91 Å². The number of likely N-dealkylation sites (N-methyl/N-ethyl adjacent to an activating group) is 1. The van der Waals surface area contributed by atoms with Crippen LogP contribution < -0.4 is 15.4 Å². The van der Waals surface area contributed by atoms with Gasteiger partial charge in [0, 0.05) is 23.7 Å². The van der Waals surface area contributed by atoms with Gasteiger partial charge in [-0.25, -0.2) is 5.06 Å². The van der Waals surface area contributed by atoms with E-state index in [9.17, 15) is 14.4 Å². The first-order valence-electron chi connectivity index (χ1n) is 10.4. The number of hydroxylamine groups is 2. The molecule has 1 unspecified atom stereocenters. The second-order valence-corrected chi connectivity index (χ2v) is 7.47. The Balaban J connectivity index is 2.04. The Kier molecular flexibility index (Phi) is 10.5. The Morgan fingerprint density at radius 2 is 1.88 bits per heavy atom. The van der Waals surface area contributed by atoms with Crippen molar-refractivity contribution in [2.24, 2.45) is 0 Å². The quantitative estimate of drug-likeness (QED) is 0.230. The zero-order valence-corrected chi connectivity index (χ0v) is 19.3. The van der Waals surface area contributed by atoms with Gasteiger partial charge >= 0.3 is 5.97 Å². The van der Waals surface area contributed by atoms with Crippen LogP contribution in [0.3, 0.4) is 0 Å². The molecule has 0 aliphatic rings. The highest BCUT2D eigenvalue weighted by Crippen LogP contribution is 2.17. The fourth-order valence-corrected chi connectivity index (χ4v) is 3.16. The lowest BCUT2D eigenvalue weighted by Gasteiger charge is -2.26. The number of nitrogens with zero attached hydrogens (tertiary/aromatic N) is 1. The highest BCUT2D eigenvalue weighted by atomic mass is 35.5. The largest absolute Gasteiger partial charge is 0.494 e. The number of aliphatic carboxylic acids is 1. The van der Waals surface area contributed by atoms with E-state index in [0.29, 0.717) is 29.4 Å². The Labute approximate surface area is 197 Å². The standard InChI is InChI=1S/C23H28ClN3O6/c1-3-27(32-2)23(31)22(26-20(28)15-16-6-4-7-17(24)14-16)25-18-9-11-19(12-10-18)33-13-5-8-21(29)30/h4,6-7,9-12,14,22,25H,3,5,8,13,15H2,1-2H3,(H,26,28)(H,29,30). The van der Waals surface area contributed by atoms with Gasteiger partial charge < -0.3 is 20.5 Å². The summed E-state index contributed by atoms with van der Waals surface area (Å²) in [5, 5.41) is 16.0. The van der Waals surface area contributed by atoms with Gasteiger partial charge in [-0.3, -0.25) is 19.2 Å². The number of rotatable bonds is 13. The smallest absolute Gasteiger partial charge is 0.303 e. The van der Waals surface area contributed by atoms with Crippen LogP contribution in [0.1, 0.15) is 25.3 Å².